The monoisotopic (exact) mass is 154 g/mol. The van der Waals surface area contributed by atoms with Crippen LogP contribution in [0.5, 0.6) is 11.8 Å². The quantitative estimate of drug-likeness (QED) is 0.622. The van der Waals surface area contributed by atoms with E-state index in [1.165, 1.54) is 14.2 Å². The molecular weight excluding hydrogens is 148 g/mol. The molecule has 0 aliphatic heterocycles. The Morgan fingerprint density at radius 2 is 2.18 bits per heavy atom. The number of ether oxygens (including phenoxy) is 2. The zero-order valence-electron chi connectivity index (χ0n) is 6.12. The van der Waals surface area contributed by atoms with Crippen molar-refractivity contribution in [2.75, 3.05) is 14.2 Å². The average molecular weight is 154 g/mol. The maximum atomic E-state index is 8.54. The lowest BCUT2D eigenvalue weighted by Crippen LogP contribution is -1.86. The van der Waals surface area contributed by atoms with Crippen LogP contribution in [0.3, 0.4) is 0 Å². The Morgan fingerprint density at radius 1 is 1.45 bits per heavy atom. The SMILES string of the molecule is COc1noc(OC)c1C#N. The van der Waals surface area contributed by atoms with Crippen LogP contribution in [-0.4, -0.2) is 19.4 Å². The molecule has 0 aliphatic carbocycles. The van der Waals surface area contributed by atoms with E-state index >= 15 is 0 Å². The number of nitriles is 1. The third-order valence-corrected chi connectivity index (χ3v) is 1.12. The molecule has 0 atom stereocenters. The average Bonchev–Trinajstić information content (AvgIpc) is 2.45. The summed E-state index contributed by atoms with van der Waals surface area (Å²) >= 11 is 0. The molecule has 1 aromatic heterocycles. The van der Waals surface area contributed by atoms with Gasteiger partial charge in [0.05, 0.1) is 14.2 Å². The second-order valence-corrected chi connectivity index (χ2v) is 1.67. The predicted molar refractivity (Wildman–Crippen MR) is 34.3 cm³/mol. The Bertz CT molecular complexity index is 265. The highest BCUT2D eigenvalue weighted by molar-refractivity contribution is 5.43. The highest BCUT2D eigenvalue weighted by atomic mass is 16.6. The Balaban J connectivity index is 3.12. The lowest BCUT2D eigenvalue weighted by atomic mass is 10.4. The largest absolute Gasteiger partial charge is 0.478 e. The minimum absolute atomic E-state index is 0.0735. The van der Waals surface area contributed by atoms with Gasteiger partial charge in [0, 0.05) is 0 Å². The van der Waals surface area contributed by atoms with E-state index in [-0.39, 0.29) is 17.4 Å². The molecule has 0 saturated carbocycles. The van der Waals surface area contributed by atoms with Gasteiger partial charge < -0.3 is 14.0 Å². The molecule has 1 rings (SSSR count). The van der Waals surface area contributed by atoms with Gasteiger partial charge in [-0.05, 0) is 5.16 Å². The first-order valence-corrected chi connectivity index (χ1v) is 2.81. The van der Waals surface area contributed by atoms with Gasteiger partial charge in [-0.25, -0.2) is 0 Å². The fourth-order valence-corrected chi connectivity index (χ4v) is 0.634. The Labute approximate surface area is 63.1 Å². The lowest BCUT2D eigenvalue weighted by Gasteiger charge is -1.90. The van der Waals surface area contributed by atoms with Crippen LogP contribution in [0.4, 0.5) is 0 Å². The summed E-state index contributed by atoms with van der Waals surface area (Å²) in [6, 6.07) is 1.84. The first-order chi connectivity index (χ1) is 5.33. The predicted octanol–water partition coefficient (Wildman–Crippen LogP) is 0.563. The molecule has 0 N–H and O–H groups in total. The first-order valence-electron chi connectivity index (χ1n) is 2.81. The Morgan fingerprint density at radius 3 is 2.64 bits per heavy atom. The summed E-state index contributed by atoms with van der Waals surface area (Å²) in [6.45, 7) is 0. The van der Waals surface area contributed by atoms with Crippen molar-refractivity contribution in [3.8, 4) is 17.9 Å². The van der Waals surface area contributed by atoms with Gasteiger partial charge in [0.1, 0.15) is 6.07 Å². The molecule has 0 aliphatic rings. The van der Waals surface area contributed by atoms with Crippen LogP contribution in [0.15, 0.2) is 4.52 Å². The van der Waals surface area contributed by atoms with E-state index in [9.17, 15) is 0 Å². The van der Waals surface area contributed by atoms with Crippen molar-refractivity contribution < 1.29 is 14.0 Å². The summed E-state index contributed by atoms with van der Waals surface area (Å²) in [5.41, 5.74) is 0.176. The van der Waals surface area contributed by atoms with E-state index < -0.39 is 0 Å². The third-order valence-electron chi connectivity index (χ3n) is 1.12. The van der Waals surface area contributed by atoms with Gasteiger partial charge in [-0.2, -0.15) is 5.26 Å². The number of aromatic nitrogens is 1. The normalized spacial score (nSPS) is 8.82. The number of nitrogens with zero attached hydrogens (tertiary/aromatic N) is 2. The van der Waals surface area contributed by atoms with Crippen LogP contribution < -0.4 is 9.47 Å². The van der Waals surface area contributed by atoms with Crippen LogP contribution in [0.1, 0.15) is 5.56 Å². The second kappa shape index (κ2) is 2.92. The van der Waals surface area contributed by atoms with E-state index in [1.54, 1.807) is 0 Å². The Hall–Kier alpha value is -1.70. The number of hydrogen-bond acceptors (Lipinski definition) is 5. The third kappa shape index (κ3) is 1.10. The van der Waals surface area contributed by atoms with E-state index in [0.29, 0.717) is 0 Å². The molecule has 0 bridgehead atoms. The summed E-state index contributed by atoms with van der Waals surface area (Å²) < 4.78 is 14.0. The molecule has 11 heavy (non-hydrogen) atoms. The summed E-state index contributed by atoms with van der Waals surface area (Å²) in [6.07, 6.45) is 0. The molecule has 0 amide bonds. The van der Waals surface area contributed by atoms with Crippen LogP contribution in [0.2, 0.25) is 0 Å². The number of hydrogen-bond donors (Lipinski definition) is 0. The fraction of sp³-hybridized carbons (Fsp3) is 0.333. The van der Waals surface area contributed by atoms with Gasteiger partial charge in [-0.1, -0.05) is 0 Å². The summed E-state index contributed by atoms with van der Waals surface area (Å²) in [7, 11) is 2.79. The molecule has 0 saturated heterocycles. The minimum Gasteiger partial charge on any atom is -0.478 e. The standard InChI is InChI=1S/C6H6N2O3/c1-9-5-4(3-7)6(10-2)11-8-5/h1-2H3. The van der Waals surface area contributed by atoms with Gasteiger partial charge in [-0.15, -0.1) is 0 Å². The first kappa shape index (κ1) is 7.41. The molecule has 58 valence electrons. The van der Waals surface area contributed by atoms with Crippen molar-refractivity contribution in [3.63, 3.8) is 0 Å². The summed E-state index contributed by atoms with van der Waals surface area (Å²) in [4.78, 5) is 0. The van der Waals surface area contributed by atoms with Gasteiger partial charge in [0.2, 0.25) is 0 Å². The molecule has 1 aromatic rings. The number of methoxy groups -OCH3 is 2. The molecule has 5 nitrogen and oxygen atoms in total. The number of rotatable bonds is 2. The van der Waals surface area contributed by atoms with E-state index in [0.717, 1.165) is 0 Å². The highest BCUT2D eigenvalue weighted by Crippen LogP contribution is 2.25. The van der Waals surface area contributed by atoms with Crippen LogP contribution >= 0.6 is 0 Å². The van der Waals surface area contributed by atoms with E-state index in [1.807, 2.05) is 6.07 Å². The molecular formula is C6H6N2O3. The van der Waals surface area contributed by atoms with Crippen LogP contribution in [0.25, 0.3) is 0 Å². The fourth-order valence-electron chi connectivity index (χ4n) is 0.634. The molecule has 5 heteroatoms. The highest BCUT2D eigenvalue weighted by Gasteiger charge is 2.16. The van der Waals surface area contributed by atoms with Gasteiger partial charge in [-0.3, -0.25) is 0 Å². The van der Waals surface area contributed by atoms with E-state index in [4.69, 9.17) is 10.00 Å². The van der Waals surface area contributed by atoms with Crippen molar-refractivity contribution in [2.45, 2.75) is 0 Å². The Kier molecular flexibility index (Phi) is 1.97. The summed E-state index contributed by atoms with van der Waals surface area (Å²) in [5.74, 6) is 0.216. The van der Waals surface area contributed by atoms with Crippen molar-refractivity contribution in [1.29, 1.82) is 5.26 Å². The molecule has 1 heterocycles. The molecule has 0 aromatic carbocycles. The van der Waals surface area contributed by atoms with Crippen LogP contribution in [-0.2, 0) is 0 Å². The van der Waals surface area contributed by atoms with Crippen molar-refractivity contribution in [2.24, 2.45) is 0 Å². The maximum absolute atomic E-state index is 8.54. The van der Waals surface area contributed by atoms with E-state index in [2.05, 4.69) is 14.4 Å². The van der Waals surface area contributed by atoms with Crippen molar-refractivity contribution >= 4 is 0 Å². The van der Waals surface area contributed by atoms with Crippen molar-refractivity contribution in [1.82, 2.24) is 5.16 Å². The zero-order chi connectivity index (χ0) is 8.27. The topological polar surface area (TPSA) is 68.3 Å². The maximum Gasteiger partial charge on any atom is 0.333 e. The molecule has 0 radical (unpaired) electrons. The van der Waals surface area contributed by atoms with Crippen molar-refractivity contribution in [3.05, 3.63) is 5.56 Å². The molecule has 0 spiro atoms. The minimum atomic E-state index is 0.0735. The van der Waals surface area contributed by atoms with Gasteiger partial charge in [0.25, 0.3) is 5.88 Å². The second-order valence-electron chi connectivity index (χ2n) is 1.67. The zero-order valence-corrected chi connectivity index (χ0v) is 6.12. The van der Waals surface area contributed by atoms with Crippen LogP contribution in [0, 0.1) is 11.3 Å². The van der Waals surface area contributed by atoms with Gasteiger partial charge >= 0.3 is 5.95 Å². The smallest absolute Gasteiger partial charge is 0.333 e. The molecule has 0 unspecified atom stereocenters. The summed E-state index contributed by atoms with van der Waals surface area (Å²) in [5, 5.41) is 12.0. The molecule has 0 fully saturated rings. The van der Waals surface area contributed by atoms with Gasteiger partial charge in [0.15, 0.2) is 5.56 Å². The lowest BCUT2D eigenvalue weighted by molar-refractivity contribution is 0.251.